The predicted octanol–water partition coefficient (Wildman–Crippen LogP) is 5.98. The number of carbonyl (C=O) groups is 1. The number of hydrogen-bond acceptors (Lipinski definition) is 5. The van der Waals surface area contributed by atoms with Crippen LogP contribution in [0.15, 0.2) is 64.1 Å². The maximum atomic E-state index is 13.3. The number of fused-ring (bicyclic) bond motifs is 1. The van der Waals surface area contributed by atoms with Gasteiger partial charge in [-0.1, -0.05) is 42.3 Å². The molecule has 4 aromatic rings. The first-order valence-corrected chi connectivity index (χ1v) is 11.1. The van der Waals surface area contributed by atoms with Crippen molar-refractivity contribution < 1.29 is 14.3 Å². The quantitative estimate of drug-likeness (QED) is 0.366. The summed E-state index contributed by atoms with van der Waals surface area (Å²) in [6.07, 6.45) is 2.47. The van der Waals surface area contributed by atoms with Gasteiger partial charge in [0.2, 0.25) is 5.55 Å². The van der Waals surface area contributed by atoms with Crippen molar-refractivity contribution >= 4 is 51.5 Å². The molecule has 2 heterocycles. The molecular weight excluding hydrogens is 461 g/mol. The molecular formula is C25H21Cl2N3O3. The lowest BCUT2D eigenvalue weighted by Crippen LogP contribution is -2.22. The fourth-order valence-corrected chi connectivity index (χ4v) is 3.65. The van der Waals surface area contributed by atoms with Crippen LogP contribution >= 0.6 is 23.2 Å². The molecule has 2 aromatic heterocycles. The minimum atomic E-state index is -0.401. The summed E-state index contributed by atoms with van der Waals surface area (Å²) in [5.74, 6) is -0.401. The maximum absolute atomic E-state index is 13.3. The lowest BCUT2D eigenvalue weighted by atomic mass is 10.1. The van der Waals surface area contributed by atoms with E-state index in [9.17, 15) is 9.90 Å². The summed E-state index contributed by atoms with van der Waals surface area (Å²) in [7, 11) is 0. The van der Waals surface area contributed by atoms with Crippen LogP contribution in [-0.4, -0.2) is 16.0 Å². The summed E-state index contributed by atoms with van der Waals surface area (Å²) >= 11 is 12.2. The van der Waals surface area contributed by atoms with Crippen LogP contribution in [0.3, 0.4) is 0 Å². The molecule has 0 unspecified atom stereocenters. The highest BCUT2D eigenvalue weighted by molar-refractivity contribution is 6.42. The number of nitrogens with zero attached hydrogens (tertiary/aromatic N) is 2. The summed E-state index contributed by atoms with van der Waals surface area (Å²) in [6, 6.07) is 14.1. The molecule has 0 radical (unpaired) electrons. The first-order valence-electron chi connectivity index (χ1n) is 10.3. The summed E-state index contributed by atoms with van der Waals surface area (Å²) in [5, 5.41) is 14.0. The number of aromatic nitrogens is 1. The average molecular weight is 482 g/mol. The molecule has 0 fully saturated rings. The van der Waals surface area contributed by atoms with E-state index in [-0.39, 0.29) is 17.7 Å². The molecule has 0 atom stereocenters. The van der Waals surface area contributed by atoms with Crippen molar-refractivity contribution in [2.45, 2.75) is 26.9 Å². The van der Waals surface area contributed by atoms with E-state index in [1.54, 1.807) is 37.4 Å². The zero-order valence-corrected chi connectivity index (χ0v) is 19.5. The Morgan fingerprint density at radius 2 is 1.88 bits per heavy atom. The monoisotopic (exact) mass is 481 g/mol. The summed E-state index contributed by atoms with van der Waals surface area (Å²) in [6.45, 7) is 3.60. The number of amides is 1. The van der Waals surface area contributed by atoms with E-state index in [1.165, 1.54) is 5.56 Å². The molecule has 0 aliphatic heterocycles. The largest absolute Gasteiger partial charge is 0.436 e. The van der Waals surface area contributed by atoms with Gasteiger partial charge >= 0.3 is 0 Å². The van der Waals surface area contributed by atoms with Gasteiger partial charge in [-0.15, -0.1) is 0 Å². The van der Waals surface area contributed by atoms with Crippen LogP contribution in [0.4, 0.5) is 11.4 Å². The number of rotatable bonds is 5. The summed E-state index contributed by atoms with van der Waals surface area (Å²) in [5.41, 5.74) is 4.15. The van der Waals surface area contributed by atoms with Gasteiger partial charge in [0, 0.05) is 22.8 Å². The van der Waals surface area contributed by atoms with Gasteiger partial charge in [-0.3, -0.25) is 9.78 Å². The van der Waals surface area contributed by atoms with Gasteiger partial charge in [0.15, 0.2) is 5.58 Å². The van der Waals surface area contributed by atoms with E-state index in [4.69, 9.17) is 27.6 Å². The molecule has 2 aromatic carbocycles. The second kappa shape index (κ2) is 9.75. The fraction of sp³-hybridized carbons (Fsp3) is 0.160. The van der Waals surface area contributed by atoms with E-state index >= 15 is 0 Å². The van der Waals surface area contributed by atoms with E-state index < -0.39 is 5.91 Å². The molecule has 8 heteroatoms. The molecule has 0 saturated carbocycles. The number of benzene rings is 2. The smallest absolute Gasteiger partial charge is 0.261 e. The number of carbonyl (C=O) groups excluding carboxylic acids is 1. The minimum absolute atomic E-state index is 0.0866. The van der Waals surface area contributed by atoms with E-state index in [2.05, 4.69) is 22.2 Å². The van der Waals surface area contributed by atoms with Crippen LogP contribution in [0.1, 0.15) is 34.1 Å². The Hall–Kier alpha value is -3.19. The van der Waals surface area contributed by atoms with Gasteiger partial charge in [0.25, 0.3) is 5.91 Å². The van der Waals surface area contributed by atoms with Crippen LogP contribution in [-0.2, 0) is 13.0 Å². The molecule has 2 N–H and O–H groups in total. The zero-order valence-electron chi connectivity index (χ0n) is 18.0. The predicted molar refractivity (Wildman–Crippen MR) is 130 cm³/mol. The average Bonchev–Trinajstić information content (AvgIpc) is 2.82. The minimum Gasteiger partial charge on any atom is -0.436 e. The Kier molecular flexibility index (Phi) is 6.79. The van der Waals surface area contributed by atoms with Crippen molar-refractivity contribution in [2.24, 2.45) is 4.99 Å². The third-order valence-corrected chi connectivity index (χ3v) is 5.96. The number of aryl methyl sites for hydroxylation is 2. The van der Waals surface area contributed by atoms with Gasteiger partial charge in [-0.05, 0) is 55.3 Å². The molecule has 4 rings (SSSR count). The van der Waals surface area contributed by atoms with Crippen LogP contribution in [0.25, 0.3) is 11.0 Å². The number of aliphatic hydroxyl groups excluding tert-OH is 1. The van der Waals surface area contributed by atoms with Gasteiger partial charge in [-0.25, -0.2) is 4.99 Å². The fourth-order valence-electron chi connectivity index (χ4n) is 3.35. The molecule has 0 aliphatic carbocycles. The SMILES string of the molecule is CCc1ccc(NC(=O)c2cc3c(CO)cnc(C)c3oc2=Nc2ccc(Cl)c(Cl)c2)cc1. The van der Waals surface area contributed by atoms with Gasteiger partial charge in [0.1, 0.15) is 5.56 Å². The van der Waals surface area contributed by atoms with Crippen molar-refractivity contribution in [2.75, 3.05) is 5.32 Å². The molecule has 1 amide bonds. The van der Waals surface area contributed by atoms with Crippen LogP contribution < -0.4 is 10.9 Å². The second-order valence-electron chi connectivity index (χ2n) is 7.45. The highest BCUT2D eigenvalue weighted by Crippen LogP contribution is 2.27. The first-order chi connectivity index (χ1) is 15.9. The van der Waals surface area contributed by atoms with Crippen molar-refractivity contribution in [3.63, 3.8) is 0 Å². The van der Waals surface area contributed by atoms with Gasteiger partial charge in [0.05, 0.1) is 28.0 Å². The highest BCUT2D eigenvalue weighted by Gasteiger charge is 2.17. The van der Waals surface area contributed by atoms with Crippen molar-refractivity contribution in [3.05, 3.63) is 92.7 Å². The summed E-state index contributed by atoms with van der Waals surface area (Å²) in [4.78, 5) is 22.1. The Morgan fingerprint density at radius 3 is 2.55 bits per heavy atom. The molecule has 33 heavy (non-hydrogen) atoms. The molecule has 0 spiro atoms. The number of aliphatic hydroxyl groups is 1. The molecule has 6 nitrogen and oxygen atoms in total. The van der Waals surface area contributed by atoms with E-state index in [0.717, 1.165) is 6.42 Å². The van der Waals surface area contributed by atoms with Gasteiger partial charge in [-0.2, -0.15) is 0 Å². The third-order valence-electron chi connectivity index (χ3n) is 5.22. The van der Waals surface area contributed by atoms with E-state index in [0.29, 0.717) is 43.6 Å². The summed E-state index contributed by atoms with van der Waals surface area (Å²) < 4.78 is 6.06. The first kappa shape index (κ1) is 23.0. The topological polar surface area (TPSA) is 87.7 Å². The molecule has 168 valence electrons. The Balaban J connectivity index is 1.89. The molecule has 0 aliphatic rings. The number of pyridine rings is 1. The van der Waals surface area contributed by atoms with Gasteiger partial charge < -0.3 is 14.8 Å². The van der Waals surface area contributed by atoms with Crippen LogP contribution in [0.5, 0.6) is 0 Å². The molecule has 0 saturated heterocycles. The zero-order chi connectivity index (χ0) is 23.5. The number of hydrogen-bond donors (Lipinski definition) is 2. The lowest BCUT2D eigenvalue weighted by molar-refractivity contribution is 0.102. The maximum Gasteiger partial charge on any atom is 0.261 e. The number of nitrogens with one attached hydrogen (secondary N) is 1. The van der Waals surface area contributed by atoms with Crippen molar-refractivity contribution in [3.8, 4) is 0 Å². The highest BCUT2D eigenvalue weighted by atomic mass is 35.5. The van der Waals surface area contributed by atoms with Crippen molar-refractivity contribution in [1.29, 1.82) is 0 Å². The second-order valence-corrected chi connectivity index (χ2v) is 8.26. The van der Waals surface area contributed by atoms with Crippen LogP contribution in [0, 0.1) is 6.92 Å². The van der Waals surface area contributed by atoms with E-state index in [1.807, 2.05) is 24.3 Å². The standard InChI is InChI=1S/C25H21Cl2N3O3/c1-3-15-4-6-17(7-5-15)29-24(32)20-11-19-16(13-31)12-28-14(2)23(19)33-25(20)30-18-8-9-21(26)22(27)10-18/h4-12,31H,3,13H2,1-2H3,(H,29,32). The normalized spacial score (nSPS) is 11.7. The molecule has 0 bridgehead atoms. The Morgan fingerprint density at radius 1 is 1.12 bits per heavy atom. The Labute approximate surface area is 200 Å². The Bertz CT molecular complexity index is 1410. The van der Waals surface area contributed by atoms with Crippen LogP contribution in [0.2, 0.25) is 10.0 Å². The number of halogens is 2. The lowest BCUT2D eigenvalue weighted by Gasteiger charge is -2.10. The van der Waals surface area contributed by atoms with Crippen molar-refractivity contribution in [1.82, 2.24) is 4.98 Å². The third kappa shape index (κ3) is 4.93. The number of anilines is 1.